The van der Waals surface area contributed by atoms with Gasteiger partial charge in [-0.3, -0.25) is 18.9 Å². The van der Waals surface area contributed by atoms with Gasteiger partial charge in [-0.2, -0.15) is 0 Å². The molecule has 0 aliphatic rings. The largest absolute Gasteiger partial charge is 4.00 e. The summed E-state index contributed by atoms with van der Waals surface area (Å²) in [5.74, 6) is 0. The van der Waals surface area contributed by atoms with Crippen molar-refractivity contribution in [1.82, 2.24) is 18.9 Å². The van der Waals surface area contributed by atoms with Gasteiger partial charge in [0, 0.05) is 0 Å². The number of nitrogens with one attached hydrogen (secondary N) is 4. The topological polar surface area (TPSA) is 209 Å². The van der Waals surface area contributed by atoms with E-state index in [0.717, 1.165) is 0 Å². The molecule has 0 radical (unpaired) electrons. The third kappa shape index (κ3) is 31.5. The zero-order valence-electron chi connectivity index (χ0n) is 8.49. The summed E-state index contributed by atoms with van der Waals surface area (Å²) in [6.07, 6.45) is -6.30. The summed E-state index contributed by atoms with van der Waals surface area (Å²) in [6, 6.07) is 0. The van der Waals surface area contributed by atoms with E-state index < -0.39 is 24.4 Å². The molecule has 0 aromatic heterocycles. The normalized spacial score (nSPS) is 7.58. The fourth-order valence-electron chi connectivity index (χ4n) is 0.218. The Kier molecular flexibility index (Phi) is 17.3. The third-order valence-electron chi connectivity index (χ3n) is 0.537. The quantitative estimate of drug-likeness (QED) is 0.262. The molecule has 0 aromatic carbocycles. The molecular formula is C4H4MoN4O8S2. The Hall–Kier alpha value is -1.53. The van der Waals surface area contributed by atoms with Crippen LogP contribution in [0.25, 0.3) is 0 Å². The van der Waals surface area contributed by atoms with Crippen molar-refractivity contribution in [2.45, 2.75) is 0 Å². The number of rotatable bonds is 4. The van der Waals surface area contributed by atoms with E-state index in [1.807, 2.05) is 0 Å². The van der Waals surface area contributed by atoms with Crippen LogP contribution in [-0.4, -0.2) is 24.4 Å². The van der Waals surface area contributed by atoms with Crippen molar-refractivity contribution in [1.29, 1.82) is 0 Å². The van der Waals surface area contributed by atoms with Gasteiger partial charge in [0.2, 0.25) is 0 Å². The van der Waals surface area contributed by atoms with E-state index in [1.54, 1.807) is 18.9 Å². The second kappa shape index (κ2) is 14.5. The molecule has 4 N–H and O–H groups in total. The molecule has 106 valence electrons. The minimum Gasteiger partial charge on any atom is -0.529 e. The van der Waals surface area contributed by atoms with Gasteiger partial charge in [-0.05, 0) is 0 Å². The summed E-state index contributed by atoms with van der Waals surface area (Å²) in [7, 11) is 0. The van der Waals surface area contributed by atoms with Gasteiger partial charge in [-0.1, -0.05) is 0 Å². The van der Waals surface area contributed by atoms with Gasteiger partial charge >= 0.3 is 21.1 Å². The van der Waals surface area contributed by atoms with Gasteiger partial charge in [0.1, 0.15) is 24.4 Å². The van der Waals surface area contributed by atoms with Crippen LogP contribution < -0.4 is 39.3 Å². The molecule has 0 saturated heterocycles. The number of carbonyl (C=O) groups excluding carboxylic acids is 4. The van der Waals surface area contributed by atoms with Crippen molar-refractivity contribution >= 4 is 48.6 Å². The number of carboxylic acid groups (broad SMARTS) is 4. The maximum atomic E-state index is 9.48. The Labute approximate surface area is 128 Å². The van der Waals surface area contributed by atoms with Crippen LogP contribution >= 0.6 is 24.3 Å². The molecule has 0 aliphatic heterocycles. The fraction of sp³-hybridized carbons (Fsp3) is 0. The maximum Gasteiger partial charge on any atom is 4.00 e. The zero-order chi connectivity index (χ0) is 14.6. The minimum absolute atomic E-state index is 0. The number of hydrogen-bond donors (Lipinski definition) is 4. The van der Waals surface area contributed by atoms with Crippen LogP contribution in [0, 0.1) is 0 Å². The summed E-state index contributed by atoms with van der Waals surface area (Å²) < 4.78 is 6.27. The summed E-state index contributed by atoms with van der Waals surface area (Å²) in [5, 5.41) is 37.9. The Morgan fingerprint density at radius 3 is 0.842 bits per heavy atom. The molecule has 0 unspecified atom stereocenters. The molecule has 0 aromatic rings. The van der Waals surface area contributed by atoms with Crippen molar-refractivity contribution in [3.8, 4) is 0 Å². The summed E-state index contributed by atoms with van der Waals surface area (Å²) >= 11 is 0.491. The van der Waals surface area contributed by atoms with Gasteiger partial charge in [-0.15, -0.1) is 0 Å². The predicted molar refractivity (Wildman–Crippen MR) is 49.3 cm³/mol. The van der Waals surface area contributed by atoms with Crippen LogP contribution in [0.15, 0.2) is 0 Å². The summed E-state index contributed by atoms with van der Waals surface area (Å²) in [5.41, 5.74) is 0. The van der Waals surface area contributed by atoms with E-state index in [0.29, 0.717) is 0 Å². The van der Waals surface area contributed by atoms with Crippen LogP contribution in [0.4, 0.5) is 19.2 Å². The molecule has 0 spiro atoms. The van der Waals surface area contributed by atoms with E-state index in [1.165, 1.54) is 0 Å². The van der Waals surface area contributed by atoms with Crippen molar-refractivity contribution < 1.29 is 60.7 Å². The van der Waals surface area contributed by atoms with E-state index in [2.05, 4.69) is 0 Å². The zero-order valence-corrected chi connectivity index (χ0v) is 12.1. The second-order valence-electron chi connectivity index (χ2n) is 1.76. The monoisotopic (exact) mass is 398 g/mol. The minimum atomic E-state index is -1.58. The molecule has 0 fully saturated rings. The van der Waals surface area contributed by atoms with Crippen LogP contribution in [0.5, 0.6) is 0 Å². The first-order chi connectivity index (χ1) is 8.25. The van der Waals surface area contributed by atoms with E-state index in [4.69, 9.17) is 0 Å². The Morgan fingerprint density at radius 2 is 0.737 bits per heavy atom. The summed E-state index contributed by atoms with van der Waals surface area (Å²) in [6.45, 7) is 0. The van der Waals surface area contributed by atoms with Crippen molar-refractivity contribution in [3.63, 3.8) is 0 Å². The molecule has 19 heavy (non-hydrogen) atoms. The molecule has 0 bridgehead atoms. The first-order valence-corrected chi connectivity index (χ1v) is 5.08. The second-order valence-corrected chi connectivity index (χ2v) is 2.99. The average molecular weight is 396 g/mol. The van der Waals surface area contributed by atoms with Crippen molar-refractivity contribution in [3.05, 3.63) is 0 Å². The fourth-order valence-corrected chi connectivity index (χ4v) is 0.653. The van der Waals surface area contributed by atoms with E-state index in [-0.39, 0.29) is 45.3 Å². The average Bonchev–Trinajstić information content (AvgIpc) is 2.15. The number of hydrogen-bond acceptors (Lipinski definition) is 10. The third-order valence-corrected chi connectivity index (χ3v) is 1.61. The van der Waals surface area contributed by atoms with Crippen LogP contribution in [-0.2, 0) is 21.1 Å². The maximum absolute atomic E-state index is 9.48. The van der Waals surface area contributed by atoms with Crippen LogP contribution in [0.3, 0.4) is 0 Å². The Balaban J connectivity index is -0.000000256. The van der Waals surface area contributed by atoms with Gasteiger partial charge in [0.05, 0.1) is 24.3 Å². The first-order valence-electron chi connectivity index (χ1n) is 3.45. The van der Waals surface area contributed by atoms with Crippen molar-refractivity contribution in [2.75, 3.05) is 0 Å². The molecule has 0 aliphatic carbocycles. The SMILES string of the molecule is O=C([O-])NSNC(=O)[O-].O=C([O-])NSNC(=O)[O-].[Mo+4]. The van der Waals surface area contributed by atoms with Gasteiger partial charge in [0.15, 0.2) is 0 Å². The Bertz CT molecular complexity index is 259. The van der Waals surface area contributed by atoms with Gasteiger partial charge in [0.25, 0.3) is 0 Å². The molecule has 0 rings (SSSR count). The van der Waals surface area contributed by atoms with Gasteiger partial charge in [-0.25, -0.2) is 0 Å². The number of carbonyl (C=O) groups is 4. The van der Waals surface area contributed by atoms with E-state index >= 15 is 0 Å². The molecule has 15 heteroatoms. The first kappa shape index (κ1) is 22.6. The van der Waals surface area contributed by atoms with E-state index in [9.17, 15) is 39.6 Å². The number of amides is 4. The molecular weight excluding hydrogens is 392 g/mol. The van der Waals surface area contributed by atoms with Gasteiger partial charge < -0.3 is 39.6 Å². The van der Waals surface area contributed by atoms with Crippen LogP contribution in [0.1, 0.15) is 0 Å². The van der Waals surface area contributed by atoms with Crippen LogP contribution in [0.2, 0.25) is 0 Å². The molecule has 0 saturated carbocycles. The summed E-state index contributed by atoms with van der Waals surface area (Å²) in [4.78, 5) is 37.9. The Morgan fingerprint density at radius 1 is 0.579 bits per heavy atom. The smallest absolute Gasteiger partial charge is 0.529 e. The van der Waals surface area contributed by atoms with Crippen molar-refractivity contribution in [2.24, 2.45) is 0 Å². The molecule has 0 heterocycles. The molecule has 12 nitrogen and oxygen atoms in total. The standard InChI is InChI=1S/2C2H4N2O4S.Mo/c2*5-1(6)3-9-4-2(7)8;/h2*3-4H,(H,5,6)(H,7,8);/q;;+4/p-4. The predicted octanol–water partition coefficient (Wildman–Crippen LogP) is -5.17. The molecule has 0 atom stereocenters. The molecule has 4 amide bonds.